The average molecular weight is 479 g/mol. The zero-order valence-corrected chi connectivity index (χ0v) is 21.2. The van der Waals surface area contributed by atoms with Gasteiger partial charge in [-0.25, -0.2) is 9.97 Å². The lowest BCUT2D eigenvalue weighted by Crippen LogP contribution is -2.14. The van der Waals surface area contributed by atoms with Crippen LogP contribution in [0.15, 0.2) is 97.1 Å². The first-order valence-corrected chi connectivity index (χ1v) is 13.5. The van der Waals surface area contributed by atoms with Crippen LogP contribution >= 0.6 is 0 Å². The molecule has 5 aromatic rings. The van der Waals surface area contributed by atoms with Crippen molar-refractivity contribution in [3.63, 3.8) is 0 Å². The normalized spacial score (nSPS) is 18.8. The number of nitrogens with zero attached hydrogens (tertiary/aromatic N) is 2. The molecule has 0 fully saturated rings. The van der Waals surface area contributed by atoms with Crippen LogP contribution in [0.2, 0.25) is 0 Å². The molecule has 2 heteroatoms. The van der Waals surface area contributed by atoms with Crippen molar-refractivity contribution in [2.45, 2.75) is 38.5 Å². The van der Waals surface area contributed by atoms with Crippen molar-refractivity contribution in [2.75, 3.05) is 0 Å². The van der Waals surface area contributed by atoms with Gasteiger partial charge < -0.3 is 0 Å². The molecular formula is C35H30N2. The van der Waals surface area contributed by atoms with Gasteiger partial charge in [0.05, 0.1) is 5.69 Å². The summed E-state index contributed by atoms with van der Waals surface area (Å²) in [7, 11) is 0. The molecule has 0 saturated heterocycles. The van der Waals surface area contributed by atoms with Gasteiger partial charge in [0.1, 0.15) is 0 Å². The molecule has 0 N–H and O–H groups in total. The maximum absolute atomic E-state index is 5.22. The van der Waals surface area contributed by atoms with E-state index in [-0.39, 0.29) is 0 Å². The van der Waals surface area contributed by atoms with Crippen molar-refractivity contribution in [3.8, 4) is 22.6 Å². The molecule has 1 aromatic heterocycles. The largest absolute Gasteiger partial charge is 0.233 e. The van der Waals surface area contributed by atoms with Gasteiger partial charge in [-0.15, -0.1) is 0 Å². The zero-order chi connectivity index (χ0) is 24.8. The number of hydrogen-bond acceptors (Lipinski definition) is 2. The van der Waals surface area contributed by atoms with Crippen LogP contribution < -0.4 is 0 Å². The predicted molar refractivity (Wildman–Crippen MR) is 156 cm³/mol. The van der Waals surface area contributed by atoms with E-state index in [0.717, 1.165) is 54.0 Å². The molecule has 0 aliphatic heterocycles. The standard InChI is InChI=1S/C35H30N2/c1-23-11-5-6-14-26(23)34-22-33(24-12-3-2-4-13-24)36-35(37-34)25-19-20-31-29-17-8-7-15-27(29)28-16-9-10-18-30(28)32(31)21-25/h2-7,9-10,12-13,15-16,18-23,26H,8,11,14,17H2,1H3. The molecular weight excluding hydrogens is 448 g/mol. The van der Waals surface area contributed by atoms with Crippen molar-refractivity contribution in [2.24, 2.45) is 5.92 Å². The Hall–Kier alpha value is -4.04. The van der Waals surface area contributed by atoms with Gasteiger partial charge in [-0.2, -0.15) is 0 Å². The number of benzene rings is 4. The Morgan fingerprint density at radius 1 is 0.676 bits per heavy atom. The van der Waals surface area contributed by atoms with Crippen molar-refractivity contribution in [1.82, 2.24) is 9.97 Å². The molecule has 0 bridgehead atoms. The summed E-state index contributed by atoms with van der Waals surface area (Å²) >= 11 is 0. The van der Waals surface area contributed by atoms with Crippen LogP contribution in [0.5, 0.6) is 0 Å². The molecule has 2 nitrogen and oxygen atoms in total. The summed E-state index contributed by atoms with van der Waals surface area (Å²) in [5.41, 5.74) is 7.22. The molecule has 0 saturated carbocycles. The van der Waals surface area contributed by atoms with Crippen LogP contribution in [0, 0.1) is 5.92 Å². The van der Waals surface area contributed by atoms with E-state index in [1.165, 1.54) is 32.7 Å². The highest BCUT2D eigenvalue weighted by Crippen LogP contribution is 2.39. The van der Waals surface area contributed by atoms with Crippen molar-refractivity contribution in [3.05, 3.63) is 114 Å². The number of hydrogen-bond donors (Lipinski definition) is 0. The fourth-order valence-corrected chi connectivity index (χ4v) is 6.22. The van der Waals surface area contributed by atoms with Gasteiger partial charge in [-0.3, -0.25) is 0 Å². The van der Waals surface area contributed by atoms with E-state index in [2.05, 4.69) is 110 Å². The summed E-state index contributed by atoms with van der Waals surface area (Å²) in [6.45, 7) is 2.35. The Kier molecular flexibility index (Phi) is 5.47. The van der Waals surface area contributed by atoms with Gasteiger partial charge in [-0.1, -0.05) is 98.0 Å². The summed E-state index contributed by atoms with van der Waals surface area (Å²) in [6, 6.07) is 28.4. The minimum absolute atomic E-state index is 0.411. The van der Waals surface area contributed by atoms with Crippen molar-refractivity contribution >= 4 is 27.6 Å². The third-order valence-corrected chi connectivity index (χ3v) is 8.23. The van der Waals surface area contributed by atoms with Gasteiger partial charge in [0.15, 0.2) is 5.82 Å². The lowest BCUT2D eigenvalue weighted by molar-refractivity contribution is 0.441. The quantitative estimate of drug-likeness (QED) is 0.191. The molecule has 1 heterocycles. The molecule has 0 spiro atoms. The third kappa shape index (κ3) is 3.88. The molecule has 2 aliphatic carbocycles. The second kappa shape index (κ2) is 9.12. The Labute approximate surface area is 218 Å². The van der Waals surface area contributed by atoms with Crippen LogP contribution in [0.1, 0.15) is 48.9 Å². The first-order chi connectivity index (χ1) is 18.3. The molecule has 0 amide bonds. The second-order valence-corrected chi connectivity index (χ2v) is 10.5. The van der Waals surface area contributed by atoms with E-state index < -0.39 is 0 Å². The van der Waals surface area contributed by atoms with Gasteiger partial charge in [-0.05, 0) is 76.4 Å². The lowest BCUT2D eigenvalue weighted by Gasteiger charge is -2.25. The highest BCUT2D eigenvalue weighted by Gasteiger charge is 2.24. The van der Waals surface area contributed by atoms with Gasteiger partial charge >= 0.3 is 0 Å². The predicted octanol–water partition coefficient (Wildman–Crippen LogP) is 9.15. The first kappa shape index (κ1) is 22.2. The number of aromatic nitrogens is 2. The van der Waals surface area contributed by atoms with E-state index in [1.807, 2.05) is 0 Å². The Balaban J connectivity index is 1.45. The maximum Gasteiger partial charge on any atom is 0.160 e. The van der Waals surface area contributed by atoms with Crippen LogP contribution in [0.25, 0.3) is 50.3 Å². The average Bonchev–Trinajstić information content (AvgIpc) is 2.97. The van der Waals surface area contributed by atoms with Crippen molar-refractivity contribution in [1.29, 1.82) is 0 Å². The van der Waals surface area contributed by atoms with Crippen LogP contribution in [-0.2, 0) is 6.42 Å². The van der Waals surface area contributed by atoms with E-state index in [9.17, 15) is 0 Å². The molecule has 2 aliphatic rings. The molecule has 2 atom stereocenters. The molecule has 7 rings (SSSR count). The highest BCUT2D eigenvalue weighted by molar-refractivity contribution is 6.13. The smallest absolute Gasteiger partial charge is 0.160 e. The van der Waals surface area contributed by atoms with Crippen LogP contribution in [0.4, 0.5) is 0 Å². The van der Waals surface area contributed by atoms with E-state index >= 15 is 0 Å². The van der Waals surface area contributed by atoms with Crippen LogP contribution in [0.3, 0.4) is 0 Å². The van der Waals surface area contributed by atoms with Gasteiger partial charge in [0, 0.05) is 22.7 Å². The summed E-state index contributed by atoms with van der Waals surface area (Å²) in [4.78, 5) is 10.3. The SMILES string of the molecule is CC1CC=CCC1c1cc(-c2ccccc2)nc(-c2ccc3c4c(c5ccccc5c3c2)C=CCC4)n1. The number of rotatable bonds is 3. The number of fused-ring (bicyclic) bond motifs is 6. The highest BCUT2D eigenvalue weighted by atomic mass is 14.9. The van der Waals surface area contributed by atoms with Gasteiger partial charge in [0.2, 0.25) is 0 Å². The summed E-state index contributed by atoms with van der Waals surface area (Å²) < 4.78 is 0. The minimum Gasteiger partial charge on any atom is -0.233 e. The fourth-order valence-electron chi connectivity index (χ4n) is 6.22. The minimum atomic E-state index is 0.411. The van der Waals surface area contributed by atoms with Crippen molar-refractivity contribution < 1.29 is 0 Å². The Morgan fingerprint density at radius 2 is 1.49 bits per heavy atom. The summed E-state index contributed by atoms with van der Waals surface area (Å²) in [6.07, 6.45) is 13.6. The molecule has 37 heavy (non-hydrogen) atoms. The first-order valence-electron chi connectivity index (χ1n) is 13.5. The maximum atomic E-state index is 5.22. The topological polar surface area (TPSA) is 25.8 Å². The zero-order valence-electron chi connectivity index (χ0n) is 21.2. The van der Waals surface area contributed by atoms with Gasteiger partial charge in [0.25, 0.3) is 0 Å². The third-order valence-electron chi connectivity index (χ3n) is 8.23. The lowest BCUT2D eigenvalue weighted by atomic mass is 9.81. The molecule has 180 valence electrons. The summed E-state index contributed by atoms with van der Waals surface area (Å²) in [5.74, 6) is 1.80. The fraction of sp³-hybridized carbons (Fsp3) is 0.200. The molecule has 0 radical (unpaired) electrons. The van der Waals surface area contributed by atoms with E-state index in [4.69, 9.17) is 9.97 Å². The molecule has 4 aromatic carbocycles. The number of allylic oxidation sites excluding steroid dienone is 3. The Morgan fingerprint density at radius 3 is 2.35 bits per heavy atom. The van der Waals surface area contributed by atoms with E-state index in [0.29, 0.717) is 11.8 Å². The Bertz CT molecular complexity index is 1690. The number of aryl methyl sites for hydroxylation is 1. The monoisotopic (exact) mass is 478 g/mol. The molecule has 2 unspecified atom stereocenters. The second-order valence-electron chi connectivity index (χ2n) is 10.5. The van der Waals surface area contributed by atoms with Crippen LogP contribution in [-0.4, -0.2) is 9.97 Å². The summed E-state index contributed by atoms with van der Waals surface area (Å²) in [5, 5.41) is 5.29. The van der Waals surface area contributed by atoms with E-state index in [1.54, 1.807) is 0 Å².